The van der Waals surface area contributed by atoms with Gasteiger partial charge in [-0.25, -0.2) is 4.98 Å². The van der Waals surface area contributed by atoms with E-state index in [4.69, 9.17) is 15.2 Å². The van der Waals surface area contributed by atoms with Crippen LogP contribution >= 0.6 is 0 Å². The van der Waals surface area contributed by atoms with Crippen molar-refractivity contribution in [3.8, 4) is 11.6 Å². The first-order valence-corrected chi connectivity index (χ1v) is 5.02. The van der Waals surface area contributed by atoms with E-state index in [2.05, 4.69) is 4.98 Å². The van der Waals surface area contributed by atoms with Crippen LogP contribution < -0.4 is 15.2 Å². The van der Waals surface area contributed by atoms with Gasteiger partial charge in [-0.05, 0) is 32.9 Å². The molecule has 1 rings (SSSR count). The zero-order valence-corrected chi connectivity index (χ0v) is 9.49. The van der Waals surface area contributed by atoms with E-state index in [-0.39, 0.29) is 5.54 Å². The minimum atomic E-state index is -0.374. The van der Waals surface area contributed by atoms with Crippen molar-refractivity contribution >= 4 is 0 Å². The van der Waals surface area contributed by atoms with Crippen LogP contribution in [-0.4, -0.2) is 23.7 Å². The molecule has 0 atom stereocenters. The van der Waals surface area contributed by atoms with Crippen molar-refractivity contribution in [3.05, 3.63) is 18.3 Å². The van der Waals surface area contributed by atoms with Crippen molar-refractivity contribution < 1.29 is 9.47 Å². The highest BCUT2D eigenvalue weighted by atomic mass is 16.5. The fourth-order valence-corrected chi connectivity index (χ4v) is 1.00. The highest BCUT2D eigenvalue weighted by Crippen LogP contribution is 2.23. The average molecular weight is 210 g/mol. The molecule has 0 bridgehead atoms. The Kier molecular flexibility index (Phi) is 3.91. The predicted molar refractivity (Wildman–Crippen MR) is 59.2 cm³/mol. The molecule has 0 fully saturated rings. The summed E-state index contributed by atoms with van der Waals surface area (Å²) >= 11 is 0. The Morgan fingerprint density at radius 1 is 1.40 bits per heavy atom. The Bertz CT molecular complexity index is 308. The highest BCUT2D eigenvalue weighted by Gasteiger charge is 2.14. The maximum Gasteiger partial charge on any atom is 0.257 e. The Labute approximate surface area is 90.4 Å². The Morgan fingerprint density at radius 3 is 2.73 bits per heavy atom. The molecule has 2 N–H and O–H groups in total. The van der Waals surface area contributed by atoms with E-state index in [0.29, 0.717) is 24.8 Å². The van der Waals surface area contributed by atoms with Gasteiger partial charge in [-0.2, -0.15) is 0 Å². The van der Waals surface area contributed by atoms with Crippen LogP contribution in [0.1, 0.15) is 20.8 Å². The number of hydrogen-bond donors (Lipinski definition) is 1. The molecule has 0 aliphatic heterocycles. The number of nitrogens with zero attached hydrogens (tertiary/aromatic N) is 1. The van der Waals surface area contributed by atoms with Crippen LogP contribution in [0.5, 0.6) is 11.6 Å². The third-order valence-corrected chi connectivity index (χ3v) is 1.62. The fraction of sp³-hybridized carbons (Fsp3) is 0.545. The van der Waals surface area contributed by atoms with Crippen molar-refractivity contribution in [1.29, 1.82) is 0 Å². The average Bonchev–Trinajstić information content (AvgIpc) is 2.16. The van der Waals surface area contributed by atoms with Gasteiger partial charge in [0.1, 0.15) is 6.61 Å². The van der Waals surface area contributed by atoms with Gasteiger partial charge in [-0.15, -0.1) is 0 Å². The van der Waals surface area contributed by atoms with E-state index in [9.17, 15) is 0 Å². The predicted octanol–water partition coefficient (Wildman–Crippen LogP) is 1.60. The van der Waals surface area contributed by atoms with Gasteiger partial charge in [0.15, 0.2) is 5.75 Å². The SMILES string of the molecule is CCOc1cccnc1OCC(C)(C)N. The largest absolute Gasteiger partial charge is 0.488 e. The van der Waals surface area contributed by atoms with E-state index in [0.717, 1.165) is 0 Å². The summed E-state index contributed by atoms with van der Waals surface area (Å²) < 4.78 is 10.9. The van der Waals surface area contributed by atoms with Crippen molar-refractivity contribution in [2.24, 2.45) is 5.73 Å². The summed E-state index contributed by atoms with van der Waals surface area (Å²) in [5.41, 5.74) is 5.44. The summed E-state index contributed by atoms with van der Waals surface area (Å²) in [5, 5.41) is 0. The number of rotatable bonds is 5. The van der Waals surface area contributed by atoms with Crippen molar-refractivity contribution in [3.63, 3.8) is 0 Å². The van der Waals surface area contributed by atoms with Crippen LogP contribution in [0.4, 0.5) is 0 Å². The van der Waals surface area contributed by atoms with Crippen molar-refractivity contribution in [1.82, 2.24) is 4.98 Å². The molecule has 0 unspecified atom stereocenters. The molecule has 0 amide bonds. The quantitative estimate of drug-likeness (QED) is 0.802. The van der Waals surface area contributed by atoms with Gasteiger partial charge < -0.3 is 15.2 Å². The van der Waals surface area contributed by atoms with Crippen molar-refractivity contribution in [2.75, 3.05) is 13.2 Å². The minimum absolute atomic E-state index is 0.374. The molecule has 0 radical (unpaired) electrons. The molecule has 0 spiro atoms. The monoisotopic (exact) mass is 210 g/mol. The van der Waals surface area contributed by atoms with Crippen LogP contribution in [-0.2, 0) is 0 Å². The highest BCUT2D eigenvalue weighted by molar-refractivity contribution is 5.32. The maximum atomic E-state index is 5.81. The first kappa shape index (κ1) is 11.8. The number of nitrogens with two attached hydrogens (primary N) is 1. The zero-order valence-electron chi connectivity index (χ0n) is 9.49. The van der Waals surface area contributed by atoms with Crippen molar-refractivity contribution in [2.45, 2.75) is 26.3 Å². The molecule has 1 heterocycles. The standard InChI is InChI=1S/C11H18N2O2/c1-4-14-9-6-5-7-13-10(9)15-8-11(2,3)12/h5-7H,4,8,12H2,1-3H3. The number of hydrogen-bond acceptors (Lipinski definition) is 4. The van der Waals surface area contributed by atoms with Crippen LogP contribution in [0.3, 0.4) is 0 Å². The Hall–Kier alpha value is -1.29. The third kappa shape index (κ3) is 4.16. The number of ether oxygens (including phenoxy) is 2. The maximum absolute atomic E-state index is 5.81. The van der Waals surface area contributed by atoms with Gasteiger partial charge in [-0.3, -0.25) is 0 Å². The van der Waals surface area contributed by atoms with Gasteiger partial charge >= 0.3 is 0 Å². The molecule has 4 nitrogen and oxygen atoms in total. The Balaban J connectivity index is 2.67. The van der Waals surface area contributed by atoms with Gasteiger partial charge in [0.2, 0.25) is 0 Å². The van der Waals surface area contributed by atoms with E-state index in [1.54, 1.807) is 6.20 Å². The first-order chi connectivity index (χ1) is 7.03. The first-order valence-electron chi connectivity index (χ1n) is 5.02. The summed E-state index contributed by atoms with van der Waals surface area (Å²) in [4.78, 5) is 4.10. The van der Waals surface area contributed by atoms with Crippen LogP contribution in [0.15, 0.2) is 18.3 Å². The van der Waals surface area contributed by atoms with Crippen LogP contribution in [0, 0.1) is 0 Å². The fourth-order valence-electron chi connectivity index (χ4n) is 1.00. The minimum Gasteiger partial charge on any atom is -0.488 e. The molecule has 1 aromatic heterocycles. The molecule has 0 saturated carbocycles. The molecule has 4 heteroatoms. The Morgan fingerprint density at radius 2 is 2.13 bits per heavy atom. The lowest BCUT2D eigenvalue weighted by atomic mass is 10.1. The summed E-state index contributed by atoms with van der Waals surface area (Å²) in [6, 6.07) is 3.64. The van der Waals surface area contributed by atoms with E-state index < -0.39 is 0 Å². The number of aromatic nitrogens is 1. The summed E-state index contributed by atoms with van der Waals surface area (Å²) in [7, 11) is 0. The molecule has 0 saturated heterocycles. The van der Waals surface area contributed by atoms with Gasteiger partial charge in [-0.1, -0.05) is 0 Å². The molecule has 0 aliphatic carbocycles. The van der Waals surface area contributed by atoms with Gasteiger partial charge in [0.05, 0.1) is 6.61 Å². The molecule has 1 aromatic rings. The molecule has 84 valence electrons. The molecular formula is C11H18N2O2. The zero-order chi connectivity index (χ0) is 11.3. The second kappa shape index (κ2) is 4.98. The summed E-state index contributed by atoms with van der Waals surface area (Å²) in [5.74, 6) is 1.15. The normalized spacial score (nSPS) is 11.2. The topological polar surface area (TPSA) is 57.4 Å². The molecular weight excluding hydrogens is 192 g/mol. The van der Waals surface area contributed by atoms with Crippen LogP contribution in [0.2, 0.25) is 0 Å². The van der Waals surface area contributed by atoms with Gasteiger partial charge in [0, 0.05) is 11.7 Å². The summed E-state index contributed by atoms with van der Waals surface area (Å²) in [6.07, 6.45) is 1.67. The lowest BCUT2D eigenvalue weighted by Crippen LogP contribution is -2.38. The van der Waals surface area contributed by atoms with E-state index in [1.807, 2.05) is 32.9 Å². The van der Waals surface area contributed by atoms with Crippen LogP contribution in [0.25, 0.3) is 0 Å². The second-order valence-corrected chi connectivity index (χ2v) is 4.02. The molecule has 15 heavy (non-hydrogen) atoms. The smallest absolute Gasteiger partial charge is 0.257 e. The molecule has 0 aromatic carbocycles. The van der Waals surface area contributed by atoms with E-state index >= 15 is 0 Å². The van der Waals surface area contributed by atoms with Gasteiger partial charge in [0.25, 0.3) is 5.88 Å². The summed E-state index contributed by atoms with van der Waals surface area (Å²) in [6.45, 7) is 6.72. The molecule has 0 aliphatic rings. The lowest BCUT2D eigenvalue weighted by Gasteiger charge is -2.19. The lowest BCUT2D eigenvalue weighted by molar-refractivity contribution is 0.219. The second-order valence-electron chi connectivity index (χ2n) is 4.02. The van der Waals surface area contributed by atoms with E-state index in [1.165, 1.54) is 0 Å². The number of pyridine rings is 1. The third-order valence-electron chi connectivity index (χ3n) is 1.62.